The van der Waals surface area contributed by atoms with Crippen molar-refractivity contribution in [1.82, 2.24) is 5.32 Å². The van der Waals surface area contributed by atoms with E-state index in [4.69, 9.17) is 4.74 Å². The number of hydrogen-bond donors (Lipinski definition) is 1. The van der Waals surface area contributed by atoms with Crippen LogP contribution < -0.4 is 15.0 Å². The first-order valence-corrected chi connectivity index (χ1v) is 10.6. The summed E-state index contributed by atoms with van der Waals surface area (Å²) in [4.78, 5) is 28.7. The molecule has 0 saturated carbocycles. The summed E-state index contributed by atoms with van der Waals surface area (Å²) in [5, 5.41) is 2.93. The third-order valence-corrected chi connectivity index (χ3v) is 6.08. The van der Waals surface area contributed by atoms with E-state index in [0.29, 0.717) is 17.0 Å². The normalized spacial score (nSPS) is 14.3. The fourth-order valence-electron chi connectivity index (χ4n) is 3.30. The summed E-state index contributed by atoms with van der Waals surface area (Å²) in [7, 11) is 3.34. The maximum atomic E-state index is 12.9. The summed E-state index contributed by atoms with van der Waals surface area (Å²) in [5.74, 6) is 0.458. The highest BCUT2D eigenvalue weighted by Crippen LogP contribution is 2.42. The SMILES string of the molecule is COc1cccc(/C=C2\Sc3ccc(C(=O)NCc4ccccc4)cc3N(C)C2=O)c1. The molecule has 0 aromatic heterocycles. The lowest BCUT2D eigenvalue weighted by molar-refractivity contribution is -0.114. The number of carbonyl (C=O) groups is 2. The van der Waals surface area contributed by atoms with Gasteiger partial charge in [-0.3, -0.25) is 9.59 Å². The van der Waals surface area contributed by atoms with Crippen molar-refractivity contribution < 1.29 is 14.3 Å². The molecule has 31 heavy (non-hydrogen) atoms. The van der Waals surface area contributed by atoms with E-state index in [2.05, 4.69) is 5.32 Å². The van der Waals surface area contributed by atoms with Crippen LogP contribution in [0.3, 0.4) is 0 Å². The minimum absolute atomic E-state index is 0.109. The molecule has 6 heteroatoms. The molecule has 0 bridgehead atoms. The Morgan fingerprint density at radius 3 is 2.65 bits per heavy atom. The van der Waals surface area contributed by atoms with Gasteiger partial charge in [0.1, 0.15) is 5.75 Å². The molecule has 0 spiro atoms. The zero-order valence-corrected chi connectivity index (χ0v) is 18.1. The van der Waals surface area contributed by atoms with Crippen LogP contribution in [0.2, 0.25) is 0 Å². The van der Waals surface area contributed by atoms with Crippen molar-refractivity contribution in [3.63, 3.8) is 0 Å². The van der Waals surface area contributed by atoms with Crippen LogP contribution in [0.5, 0.6) is 5.75 Å². The van der Waals surface area contributed by atoms with Gasteiger partial charge < -0.3 is 15.0 Å². The molecule has 0 radical (unpaired) electrons. The topological polar surface area (TPSA) is 58.6 Å². The molecular weight excluding hydrogens is 408 g/mol. The van der Waals surface area contributed by atoms with Crippen LogP contribution in [0, 0.1) is 0 Å². The van der Waals surface area contributed by atoms with E-state index < -0.39 is 0 Å². The third-order valence-electron chi connectivity index (χ3n) is 5.01. The average Bonchev–Trinajstić information content (AvgIpc) is 2.81. The Labute approximate surface area is 185 Å². The lowest BCUT2D eigenvalue weighted by Gasteiger charge is -2.27. The van der Waals surface area contributed by atoms with Gasteiger partial charge >= 0.3 is 0 Å². The average molecular weight is 431 g/mol. The van der Waals surface area contributed by atoms with Crippen molar-refractivity contribution in [3.05, 3.63) is 94.4 Å². The van der Waals surface area contributed by atoms with Gasteiger partial charge in [-0.2, -0.15) is 0 Å². The Morgan fingerprint density at radius 1 is 1.06 bits per heavy atom. The van der Waals surface area contributed by atoms with Crippen LogP contribution in [-0.2, 0) is 11.3 Å². The molecule has 0 aliphatic carbocycles. The van der Waals surface area contributed by atoms with Crippen LogP contribution in [0.25, 0.3) is 6.08 Å². The standard InChI is InChI=1S/C25H22N2O3S/c1-27-21-15-19(24(28)26-16-17-7-4-3-5-8-17)11-12-22(21)31-23(25(27)29)14-18-9-6-10-20(13-18)30-2/h3-15H,16H2,1-2H3,(H,26,28)/b23-14-. The van der Waals surface area contributed by atoms with Crippen LogP contribution >= 0.6 is 11.8 Å². The number of fused-ring (bicyclic) bond motifs is 1. The lowest BCUT2D eigenvalue weighted by Crippen LogP contribution is -2.31. The molecule has 0 unspecified atom stereocenters. The summed E-state index contributed by atoms with van der Waals surface area (Å²) in [5.41, 5.74) is 3.17. The molecule has 1 aliphatic rings. The number of methoxy groups -OCH3 is 1. The molecule has 5 nitrogen and oxygen atoms in total. The number of amides is 2. The maximum absolute atomic E-state index is 12.9. The van der Waals surface area contributed by atoms with Crippen molar-refractivity contribution in [1.29, 1.82) is 0 Å². The Kier molecular flexibility index (Phi) is 6.09. The number of carbonyl (C=O) groups excluding carboxylic acids is 2. The number of likely N-dealkylation sites (N-methyl/N-ethyl adjacent to an activating group) is 1. The van der Waals surface area contributed by atoms with Crippen molar-refractivity contribution in [3.8, 4) is 5.75 Å². The smallest absolute Gasteiger partial charge is 0.264 e. The van der Waals surface area contributed by atoms with Crippen molar-refractivity contribution in [2.75, 3.05) is 19.1 Å². The van der Waals surface area contributed by atoms with Gasteiger partial charge in [0, 0.05) is 24.1 Å². The number of anilines is 1. The number of thioether (sulfide) groups is 1. The number of ether oxygens (including phenoxy) is 1. The fourth-order valence-corrected chi connectivity index (χ4v) is 4.39. The highest BCUT2D eigenvalue weighted by molar-refractivity contribution is 8.04. The maximum Gasteiger partial charge on any atom is 0.264 e. The van der Waals surface area contributed by atoms with Crippen LogP contribution in [0.1, 0.15) is 21.5 Å². The van der Waals surface area contributed by atoms with Gasteiger partial charge in [0.25, 0.3) is 11.8 Å². The fraction of sp³-hybridized carbons (Fsp3) is 0.120. The van der Waals surface area contributed by atoms with Crippen molar-refractivity contribution >= 4 is 35.3 Å². The molecule has 0 atom stereocenters. The van der Waals surface area contributed by atoms with Gasteiger partial charge in [0.05, 0.1) is 17.7 Å². The first-order valence-electron chi connectivity index (χ1n) is 9.83. The van der Waals surface area contributed by atoms with Crippen LogP contribution in [0.15, 0.2) is 82.6 Å². The van der Waals surface area contributed by atoms with Crippen LogP contribution in [-0.4, -0.2) is 26.0 Å². The van der Waals surface area contributed by atoms with E-state index in [0.717, 1.165) is 27.5 Å². The molecule has 1 aliphatic heterocycles. The molecule has 3 aromatic rings. The van der Waals surface area contributed by atoms with Crippen molar-refractivity contribution in [2.45, 2.75) is 11.4 Å². The van der Waals surface area contributed by atoms with Gasteiger partial charge in [0.15, 0.2) is 0 Å². The molecular formula is C25H22N2O3S. The molecule has 0 saturated heterocycles. The summed E-state index contributed by atoms with van der Waals surface area (Å²) in [6, 6.07) is 22.8. The first-order chi connectivity index (χ1) is 15.0. The Balaban J connectivity index is 1.54. The second-order valence-corrected chi connectivity index (χ2v) is 8.19. The monoisotopic (exact) mass is 430 g/mol. The number of nitrogens with one attached hydrogen (secondary N) is 1. The predicted molar refractivity (Wildman–Crippen MR) is 124 cm³/mol. The Morgan fingerprint density at radius 2 is 1.87 bits per heavy atom. The quantitative estimate of drug-likeness (QED) is 0.595. The minimum Gasteiger partial charge on any atom is -0.497 e. The summed E-state index contributed by atoms with van der Waals surface area (Å²) >= 11 is 1.41. The number of nitrogens with zero attached hydrogens (tertiary/aromatic N) is 1. The zero-order chi connectivity index (χ0) is 21.8. The highest BCUT2D eigenvalue weighted by atomic mass is 32.2. The summed E-state index contributed by atoms with van der Waals surface area (Å²) < 4.78 is 5.26. The Bertz CT molecular complexity index is 1160. The second-order valence-electron chi connectivity index (χ2n) is 7.10. The molecule has 1 heterocycles. The summed E-state index contributed by atoms with van der Waals surface area (Å²) in [6.07, 6.45) is 1.86. The summed E-state index contributed by atoms with van der Waals surface area (Å²) in [6.45, 7) is 0.452. The molecule has 156 valence electrons. The number of hydrogen-bond acceptors (Lipinski definition) is 4. The Hall–Kier alpha value is -3.51. The zero-order valence-electron chi connectivity index (χ0n) is 17.3. The van der Waals surface area contributed by atoms with Gasteiger partial charge in [0.2, 0.25) is 0 Å². The van der Waals surface area contributed by atoms with Gasteiger partial charge in [-0.1, -0.05) is 54.2 Å². The highest BCUT2D eigenvalue weighted by Gasteiger charge is 2.27. The molecule has 0 fully saturated rings. The van der Waals surface area contributed by atoms with E-state index in [1.165, 1.54) is 11.8 Å². The molecule has 2 amide bonds. The van der Waals surface area contributed by atoms with Gasteiger partial charge in [-0.15, -0.1) is 0 Å². The predicted octanol–water partition coefficient (Wildman–Crippen LogP) is 4.73. The van der Waals surface area contributed by atoms with Gasteiger partial charge in [-0.25, -0.2) is 0 Å². The first kappa shape index (κ1) is 20.8. The largest absolute Gasteiger partial charge is 0.497 e. The minimum atomic E-state index is -0.171. The molecule has 4 rings (SSSR count). The van der Waals surface area contributed by atoms with Crippen molar-refractivity contribution in [2.24, 2.45) is 0 Å². The number of rotatable bonds is 5. The third kappa shape index (κ3) is 4.64. The number of benzene rings is 3. The van der Waals surface area contributed by atoms with E-state index >= 15 is 0 Å². The van der Waals surface area contributed by atoms with E-state index in [-0.39, 0.29) is 11.8 Å². The van der Waals surface area contributed by atoms with Gasteiger partial charge in [-0.05, 0) is 47.5 Å². The molecule has 1 N–H and O–H groups in total. The lowest BCUT2D eigenvalue weighted by atomic mass is 10.1. The van der Waals surface area contributed by atoms with E-state index in [1.54, 1.807) is 31.2 Å². The van der Waals surface area contributed by atoms with Crippen LogP contribution in [0.4, 0.5) is 5.69 Å². The van der Waals surface area contributed by atoms with E-state index in [9.17, 15) is 9.59 Å². The van der Waals surface area contributed by atoms with E-state index in [1.807, 2.05) is 66.7 Å². The molecule has 3 aromatic carbocycles. The second kappa shape index (κ2) is 9.10.